The molecule has 1 heterocycles. The van der Waals surface area contributed by atoms with Crippen LogP contribution in [0.15, 0.2) is 47.5 Å². The van der Waals surface area contributed by atoms with E-state index >= 15 is 0 Å². The molecule has 2 aromatic rings. The molecule has 0 N–H and O–H groups in total. The summed E-state index contributed by atoms with van der Waals surface area (Å²) in [6.07, 6.45) is -4.91. The molecule has 5 nitrogen and oxygen atoms in total. The van der Waals surface area contributed by atoms with Crippen LogP contribution in [0.3, 0.4) is 0 Å². The Labute approximate surface area is 130 Å². The quantitative estimate of drug-likeness (QED) is 0.832. The summed E-state index contributed by atoms with van der Waals surface area (Å²) in [6, 6.07) is 9.17. The van der Waals surface area contributed by atoms with Crippen LogP contribution in [-0.4, -0.2) is 26.9 Å². The van der Waals surface area contributed by atoms with E-state index in [4.69, 9.17) is 4.74 Å². The number of aromatic nitrogens is 1. The molecule has 2 rings (SSSR count). The molecule has 0 atom stereocenters. The first-order valence-corrected chi connectivity index (χ1v) is 7.94. The lowest BCUT2D eigenvalue weighted by Crippen LogP contribution is -2.19. The highest BCUT2D eigenvalue weighted by molar-refractivity contribution is 7.90. The van der Waals surface area contributed by atoms with Crippen molar-refractivity contribution >= 4 is 9.84 Å². The lowest BCUT2D eigenvalue weighted by molar-refractivity contribution is -0.274. The number of pyridine rings is 1. The van der Waals surface area contributed by atoms with Gasteiger partial charge in [0.15, 0.2) is 14.9 Å². The summed E-state index contributed by atoms with van der Waals surface area (Å²) in [5, 5.41) is -0.293. The molecule has 0 saturated heterocycles. The number of benzene rings is 1. The summed E-state index contributed by atoms with van der Waals surface area (Å²) in [5.41, 5.74) is -0.116. The minimum absolute atomic E-state index is 0.0888. The van der Waals surface area contributed by atoms with Crippen LogP contribution in [-0.2, 0) is 15.6 Å². The van der Waals surface area contributed by atoms with E-state index in [9.17, 15) is 21.6 Å². The first kappa shape index (κ1) is 17.1. The van der Waals surface area contributed by atoms with E-state index < -0.39 is 27.7 Å². The van der Waals surface area contributed by atoms with Crippen LogP contribution in [0.5, 0.6) is 11.6 Å². The second kappa shape index (κ2) is 6.45. The van der Waals surface area contributed by atoms with E-state index in [2.05, 4.69) is 9.72 Å². The highest BCUT2D eigenvalue weighted by atomic mass is 32.2. The van der Waals surface area contributed by atoms with Crippen molar-refractivity contribution < 1.29 is 31.1 Å². The SMILES string of the molecule is COc1cccc(S(=O)(=O)Cc2ccccc2OC(F)(F)F)n1. The third-order valence-corrected chi connectivity index (χ3v) is 4.33. The Kier molecular flexibility index (Phi) is 4.79. The molecule has 0 spiro atoms. The van der Waals surface area contributed by atoms with Crippen molar-refractivity contribution in [2.75, 3.05) is 7.11 Å². The van der Waals surface area contributed by atoms with Crippen molar-refractivity contribution in [1.82, 2.24) is 4.98 Å². The standard InChI is InChI=1S/C14H12F3NO4S/c1-21-12-7-4-8-13(18-12)23(19,20)9-10-5-2-3-6-11(10)22-14(15,16)17/h2-8H,9H2,1H3. The molecule has 0 saturated carbocycles. The maximum Gasteiger partial charge on any atom is 0.573 e. The first-order valence-electron chi connectivity index (χ1n) is 6.29. The molecular weight excluding hydrogens is 335 g/mol. The monoisotopic (exact) mass is 347 g/mol. The summed E-state index contributed by atoms with van der Waals surface area (Å²) in [6.45, 7) is 0. The van der Waals surface area contributed by atoms with Crippen LogP contribution < -0.4 is 9.47 Å². The number of hydrogen-bond donors (Lipinski definition) is 0. The maximum absolute atomic E-state index is 12.4. The van der Waals surface area contributed by atoms with E-state index in [0.29, 0.717) is 0 Å². The number of hydrogen-bond acceptors (Lipinski definition) is 5. The Bertz CT molecular complexity index is 791. The van der Waals surface area contributed by atoms with E-state index in [1.807, 2.05) is 0 Å². The van der Waals surface area contributed by atoms with Gasteiger partial charge < -0.3 is 9.47 Å². The molecule has 1 aromatic heterocycles. The average molecular weight is 347 g/mol. The number of para-hydroxylation sites is 1. The Hall–Kier alpha value is -2.29. The van der Waals surface area contributed by atoms with E-state index in [-0.39, 0.29) is 16.5 Å². The van der Waals surface area contributed by atoms with Crippen molar-refractivity contribution in [3.63, 3.8) is 0 Å². The van der Waals surface area contributed by atoms with Gasteiger partial charge in [-0.15, -0.1) is 13.2 Å². The van der Waals surface area contributed by atoms with Gasteiger partial charge in [-0.2, -0.15) is 0 Å². The maximum atomic E-state index is 12.4. The number of sulfone groups is 1. The van der Waals surface area contributed by atoms with Gasteiger partial charge >= 0.3 is 6.36 Å². The Balaban J connectivity index is 2.34. The molecule has 0 bridgehead atoms. The summed E-state index contributed by atoms with van der Waals surface area (Å²) >= 11 is 0. The summed E-state index contributed by atoms with van der Waals surface area (Å²) < 4.78 is 70.5. The topological polar surface area (TPSA) is 65.5 Å². The predicted molar refractivity (Wildman–Crippen MR) is 74.8 cm³/mol. The zero-order valence-electron chi connectivity index (χ0n) is 11.9. The van der Waals surface area contributed by atoms with Gasteiger partial charge in [0.25, 0.3) is 0 Å². The fraction of sp³-hybridized carbons (Fsp3) is 0.214. The zero-order valence-corrected chi connectivity index (χ0v) is 12.7. The molecule has 23 heavy (non-hydrogen) atoms. The van der Waals surface area contributed by atoms with E-state index in [1.54, 1.807) is 0 Å². The largest absolute Gasteiger partial charge is 0.573 e. The predicted octanol–water partition coefficient (Wildman–Crippen LogP) is 2.96. The van der Waals surface area contributed by atoms with Crippen molar-refractivity contribution in [1.29, 1.82) is 0 Å². The smallest absolute Gasteiger partial charge is 0.481 e. The molecule has 1 aromatic carbocycles. The molecule has 0 aliphatic rings. The summed E-state index contributed by atoms with van der Waals surface area (Å²) in [5.74, 6) is -1.16. The van der Waals surface area contributed by atoms with Crippen LogP contribution in [0.25, 0.3) is 0 Å². The Morgan fingerprint density at radius 3 is 2.43 bits per heavy atom. The molecule has 0 radical (unpaired) electrons. The van der Waals surface area contributed by atoms with E-state index in [1.165, 1.54) is 43.5 Å². The molecule has 0 fully saturated rings. The third-order valence-electron chi connectivity index (χ3n) is 2.77. The fourth-order valence-electron chi connectivity index (χ4n) is 1.81. The number of alkyl halides is 3. The fourth-order valence-corrected chi connectivity index (χ4v) is 3.12. The molecule has 0 aliphatic carbocycles. The van der Waals surface area contributed by atoms with Gasteiger partial charge in [-0.3, -0.25) is 0 Å². The lowest BCUT2D eigenvalue weighted by atomic mass is 10.2. The highest BCUT2D eigenvalue weighted by Crippen LogP contribution is 2.28. The third kappa shape index (κ3) is 4.59. The van der Waals surface area contributed by atoms with Crippen molar-refractivity contribution in [2.24, 2.45) is 0 Å². The van der Waals surface area contributed by atoms with Gasteiger partial charge in [-0.25, -0.2) is 13.4 Å². The number of rotatable bonds is 5. The van der Waals surface area contributed by atoms with Gasteiger partial charge in [0, 0.05) is 11.6 Å². The summed E-state index contributed by atoms with van der Waals surface area (Å²) in [4.78, 5) is 3.79. The van der Waals surface area contributed by atoms with Crippen molar-refractivity contribution in [2.45, 2.75) is 17.1 Å². The van der Waals surface area contributed by atoms with Crippen LogP contribution >= 0.6 is 0 Å². The molecule has 124 valence electrons. The van der Waals surface area contributed by atoms with Crippen molar-refractivity contribution in [3.8, 4) is 11.6 Å². The van der Waals surface area contributed by atoms with Crippen molar-refractivity contribution in [3.05, 3.63) is 48.0 Å². The molecule has 0 amide bonds. The normalized spacial score (nSPS) is 12.0. The van der Waals surface area contributed by atoms with Gasteiger partial charge in [0.1, 0.15) is 5.75 Å². The molecular formula is C14H12F3NO4S. The van der Waals surface area contributed by atoms with Gasteiger partial charge in [-0.05, 0) is 12.1 Å². The minimum Gasteiger partial charge on any atom is -0.481 e. The number of nitrogens with zero attached hydrogens (tertiary/aromatic N) is 1. The number of halogens is 3. The van der Waals surface area contributed by atoms with Gasteiger partial charge in [0.2, 0.25) is 5.88 Å². The van der Waals surface area contributed by atoms with E-state index in [0.717, 1.165) is 6.07 Å². The van der Waals surface area contributed by atoms with Gasteiger partial charge in [-0.1, -0.05) is 24.3 Å². The van der Waals surface area contributed by atoms with Crippen LogP contribution in [0.4, 0.5) is 13.2 Å². The molecule has 0 aliphatic heterocycles. The molecule has 9 heteroatoms. The van der Waals surface area contributed by atoms with Crippen LogP contribution in [0, 0.1) is 0 Å². The zero-order chi connectivity index (χ0) is 17.1. The average Bonchev–Trinajstić information content (AvgIpc) is 2.48. The number of ether oxygens (including phenoxy) is 2. The minimum atomic E-state index is -4.91. The second-order valence-corrected chi connectivity index (χ2v) is 6.37. The van der Waals surface area contributed by atoms with Gasteiger partial charge in [0.05, 0.1) is 12.9 Å². The summed E-state index contributed by atoms with van der Waals surface area (Å²) in [7, 11) is -2.64. The Morgan fingerprint density at radius 2 is 1.78 bits per heavy atom. The van der Waals surface area contributed by atoms with Crippen LogP contribution in [0.2, 0.25) is 0 Å². The first-order chi connectivity index (χ1) is 10.7. The second-order valence-electron chi connectivity index (χ2n) is 4.43. The molecule has 0 unspecified atom stereocenters. The highest BCUT2D eigenvalue weighted by Gasteiger charge is 2.32. The Morgan fingerprint density at radius 1 is 1.09 bits per heavy atom. The lowest BCUT2D eigenvalue weighted by Gasteiger charge is -2.13. The number of methoxy groups -OCH3 is 1. The van der Waals surface area contributed by atoms with Crippen LogP contribution in [0.1, 0.15) is 5.56 Å².